The molecule has 1 aromatic carbocycles. The number of allylic oxidation sites excluding steroid dienone is 2. The van der Waals surface area contributed by atoms with Gasteiger partial charge >= 0.3 is 0 Å². The Kier molecular flexibility index (Phi) is 6.50. The Hall–Kier alpha value is -2.20. The molecular formula is C20H26N2O2. The molecule has 0 radical (unpaired) electrons. The first-order valence-electron chi connectivity index (χ1n) is 8.81. The lowest BCUT2D eigenvalue weighted by atomic mass is 9.89. The number of carbonyl (C=O) groups excluding carboxylic acids is 2. The van der Waals surface area contributed by atoms with E-state index < -0.39 is 0 Å². The molecule has 1 heterocycles. The third kappa shape index (κ3) is 3.49. The van der Waals surface area contributed by atoms with Gasteiger partial charge in [-0.3, -0.25) is 14.5 Å². The molecule has 0 saturated carbocycles. The van der Waals surface area contributed by atoms with Crippen LogP contribution in [0.4, 0.5) is 0 Å². The summed E-state index contributed by atoms with van der Waals surface area (Å²) in [5, 5.41) is 3.24. The maximum absolute atomic E-state index is 12.7. The number of hydrogen-bond acceptors (Lipinski definition) is 3. The SMILES string of the molecule is CC.CCCNCCN1C(=O)C2=CCC=Cc3cccc(c32)C1=O. The summed E-state index contributed by atoms with van der Waals surface area (Å²) in [6.07, 6.45) is 7.68. The second kappa shape index (κ2) is 8.60. The molecule has 0 saturated heterocycles. The summed E-state index contributed by atoms with van der Waals surface area (Å²) in [5.41, 5.74) is 3.03. The standard InChI is InChI=1S/C18H20N2O2.C2H6/c1-2-10-19-11-12-20-17(21)14-8-4-3-6-13-7-5-9-15(16(13)14)18(20)22;1-2/h3,5-9,19H,2,4,10-12H2,1H3;1-2H3. The molecule has 1 N–H and O–H groups in total. The first-order chi connectivity index (χ1) is 11.7. The van der Waals surface area contributed by atoms with Crippen molar-refractivity contribution >= 4 is 23.5 Å². The molecule has 4 heteroatoms. The maximum atomic E-state index is 12.7. The van der Waals surface area contributed by atoms with Gasteiger partial charge in [-0.05, 0) is 31.0 Å². The third-order valence-electron chi connectivity index (χ3n) is 4.01. The number of nitrogens with zero attached hydrogens (tertiary/aromatic N) is 1. The van der Waals surface area contributed by atoms with Crippen molar-refractivity contribution in [1.82, 2.24) is 10.2 Å². The Morgan fingerprint density at radius 3 is 2.67 bits per heavy atom. The minimum absolute atomic E-state index is 0.174. The number of carbonyl (C=O) groups is 2. The van der Waals surface area contributed by atoms with E-state index in [1.54, 1.807) is 0 Å². The minimum Gasteiger partial charge on any atom is -0.315 e. The van der Waals surface area contributed by atoms with Crippen molar-refractivity contribution in [3.63, 3.8) is 0 Å². The lowest BCUT2D eigenvalue weighted by Gasteiger charge is -2.29. The summed E-state index contributed by atoms with van der Waals surface area (Å²) < 4.78 is 0. The Bertz CT molecular complexity index is 674. The third-order valence-corrected chi connectivity index (χ3v) is 4.01. The van der Waals surface area contributed by atoms with E-state index in [0.717, 1.165) is 24.1 Å². The highest BCUT2D eigenvalue weighted by Crippen LogP contribution is 2.34. The Morgan fingerprint density at radius 1 is 1.12 bits per heavy atom. The van der Waals surface area contributed by atoms with Crippen LogP contribution >= 0.6 is 0 Å². The van der Waals surface area contributed by atoms with E-state index in [9.17, 15) is 9.59 Å². The molecule has 2 amide bonds. The highest BCUT2D eigenvalue weighted by Gasteiger charge is 2.35. The zero-order valence-corrected chi connectivity index (χ0v) is 14.8. The van der Waals surface area contributed by atoms with Crippen molar-refractivity contribution in [3.05, 3.63) is 47.0 Å². The largest absolute Gasteiger partial charge is 0.315 e. The molecule has 1 aliphatic heterocycles. The summed E-state index contributed by atoms with van der Waals surface area (Å²) in [5.74, 6) is -0.362. The molecule has 3 rings (SSSR count). The van der Waals surface area contributed by atoms with Gasteiger partial charge in [0, 0.05) is 29.8 Å². The highest BCUT2D eigenvalue weighted by molar-refractivity contribution is 6.31. The summed E-state index contributed by atoms with van der Waals surface area (Å²) in [7, 11) is 0. The van der Waals surface area contributed by atoms with Crippen LogP contribution in [0.3, 0.4) is 0 Å². The van der Waals surface area contributed by atoms with E-state index in [1.807, 2.05) is 50.3 Å². The normalized spacial score (nSPS) is 15.3. The lowest BCUT2D eigenvalue weighted by Crippen LogP contribution is -2.45. The molecule has 0 aromatic heterocycles. The quantitative estimate of drug-likeness (QED) is 0.665. The summed E-state index contributed by atoms with van der Waals surface area (Å²) in [4.78, 5) is 26.7. The lowest BCUT2D eigenvalue weighted by molar-refractivity contribution is -0.122. The van der Waals surface area contributed by atoms with Crippen LogP contribution in [0.1, 0.15) is 55.1 Å². The summed E-state index contributed by atoms with van der Waals surface area (Å²) >= 11 is 0. The van der Waals surface area contributed by atoms with E-state index in [1.165, 1.54) is 4.90 Å². The number of rotatable bonds is 5. The predicted molar refractivity (Wildman–Crippen MR) is 98.6 cm³/mol. The minimum atomic E-state index is -0.187. The van der Waals surface area contributed by atoms with Gasteiger partial charge < -0.3 is 5.32 Å². The van der Waals surface area contributed by atoms with Gasteiger partial charge in [0.05, 0.1) is 0 Å². The van der Waals surface area contributed by atoms with Crippen LogP contribution in [0.15, 0.2) is 30.4 Å². The van der Waals surface area contributed by atoms with E-state index in [-0.39, 0.29) is 11.8 Å². The van der Waals surface area contributed by atoms with Crippen molar-refractivity contribution in [3.8, 4) is 0 Å². The zero-order chi connectivity index (χ0) is 17.5. The fraction of sp³-hybridized carbons (Fsp3) is 0.400. The van der Waals surface area contributed by atoms with E-state index >= 15 is 0 Å². The average Bonchev–Trinajstić information content (AvgIpc) is 2.84. The van der Waals surface area contributed by atoms with Crippen LogP contribution < -0.4 is 5.32 Å². The van der Waals surface area contributed by atoms with Gasteiger partial charge in [0.1, 0.15) is 0 Å². The van der Waals surface area contributed by atoms with Gasteiger partial charge in [-0.1, -0.05) is 51.1 Å². The van der Waals surface area contributed by atoms with E-state index in [0.29, 0.717) is 30.6 Å². The summed E-state index contributed by atoms with van der Waals surface area (Å²) in [6, 6.07) is 5.64. The second-order valence-electron chi connectivity index (χ2n) is 5.54. The van der Waals surface area contributed by atoms with Crippen molar-refractivity contribution in [2.45, 2.75) is 33.6 Å². The first kappa shape index (κ1) is 18.1. The molecule has 24 heavy (non-hydrogen) atoms. The van der Waals surface area contributed by atoms with Gasteiger partial charge in [0.15, 0.2) is 0 Å². The molecule has 128 valence electrons. The molecule has 0 bridgehead atoms. The number of amides is 2. The number of nitrogens with one attached hydrogen (secondary N) is 1. The Morgan fingerprint density at radius 2 is 1.92 bits per heavy atom. The Balaban J connectivity index is 0.00000100. The Labute approximate surface area is 144 Å². The van der Waals surface area contributed by atoms with Crippen molar-refractivity contribution in [2.24, 2.45) is 0 Å². The number of hydrogen-bond donors (Lipinski definition) is 1. The van der Waals surface area contributed by atoms with Gasteiger partial charge in [-0.15, -0.1) is 0 Å². The molecule has 1 aliphatic carbocycles. The molecule has 0 spiro atoms. The van der Waals surface area contributed by atoms with Gasteiger partial charge in [0.2, 0.25) is 0 Å². The fourth-order valence-electron chi connectivity index (χ4n) is 2.94. The summed E-state index contributed by atoms with van der Waals surface area (Å²) in [6.45, 7) is 8.02. The average molecular weight is 326 g/mol. The molecule has 1 aromatic rings. The molecule has 4 nitrogen and oxygen atoms in total. The molecule has 0 atom stereocenters. The number of imide groups is 1. The van der Waals surface area contributed by atoms with Crippen LogP contribution in [-0.2, 0) is 4.79 Å². The first-order valence-corrected chi connectivity index (χ1v) is 8.81. The molecular weight excluding hydrogens is 300 g/mol. The zero-order valence-electron chi connectivity index (χ0n) is 14.8. The van der Waals surface area contributed by atoms with E-state index in [4.69, 9.17) is 0 Å². The number of benzene rings is 1. The van der Waals surface area contributed by atoms with Crippen molar-refractivity contribution in [1.29, 1.82) is 0 Å². The monoisotopic (exact) mass is 326 g/mol. The van der Waals surface area contributed by atoms with Crippen LogP contribution in [0.5, 0.6) is 0 Å². The topological polar surface area (TPSA) is 49.4 Å². The molecule has 0 unspecified atom stereocenters. The van der Waals surface area contributed by atoms with Crippen molar-refractivity contribution in [2.75, 3.05) is 19.6 Å². The predicted octanol–water partition coefficient (Wildman–Crippen LogP) is 3.50. The van der Waals surface area contributed by atoms with Gasteiger partial charge in [0.25, 0.3) is 11.8 Å². The fourth-order valence-corrected chi connectivity index (χ4v) is 2.94. The molecule has 2 aliphatic rings. The van der Waals surface area contributed by atoms with Crippen LogP contribution in [0, 0.1) is 0 Å². The second-order valence-corrected chi connectivity index (χ2v) is 5.54. The molecule has 0 fully saturated rings. The van der Waals surface area contributed by atoms with Crippen LogP contribution in [0.2, 0.25) is 0 Å². The highest BCUT2D eigenvalue weighted by atomic mass is 16.2. The van der Waals surface area contributed by atoms with Gasteiger partial charge in [-0.2, -0.15) is 0 Å². The van der Waals surface area contributed by atoms with Crippen molar-refractivity contribution < 1.29 is 9.59 Å². The van der Waals surface area contributed by atoms with E-state index in [2.05, 4.69) is 12.2 Å². The van der Waals surface area contributed by atoms with Crippen LogP contribution in [-0.4, -0.2) is 36.3 Å². The van der Waals surface area contributed by atoms with Gasteiger partial charge in [-0.25, -0.2) is 0 Å². The smallest absolute Gasteiger partial charge is 0.261 e. The van der Waals surface area contributed by atoms with Crippen LogP contribution in [0.25, 0.3) is 11.6 Å². The maximum Gasteiger partial charge on any atom is 0.261 e.